The maximum atomic E-state index is 13.5. The number of likely N-dealkylation sites (tertiary alicyclic amines) is 2. The van der Waals surface area contributed by atoms with Crippen molar-refractivity contribution < 1.29 is 9.59 Å². The molecule has 2 unspecified atom stereocenters. The van der Waals surface area contributed by atoms with Gasteiger partial charge in [-0.15, -0.1) is 0 Å². The van der Waals surface area contributed by atoms with Crippen molar-refractivity contribution in [1.29, 1.82) is 0 Å². The topological polar surface area (TPSA) is 53.5 Å². The number of rotatable bonds is 4. The van der Waals surface area contributed by atoms with Gasteiger partial charge >= 0.3 is 0 Å². The summed E-state index contributed by atoms with van der Waals surface area (Å²) in [5.74, 6) is 1.74. The zero-order valence-electron chi connectivity index (χ0n) is 20.2. The average molecular weight is 460 g/mol. The van der Waals surface area contributed by atoms with Crippen LogP contribution < -0.4 is 0 Å². The van der Waals surface area contributed by atoms with Crippen molar-refractivity contribution >= 4 is 11.8 Å². The molecule has 34 heavy (non-hydrogen) atoms. The fourth-order valence-electron chi connectivity index (χ4n) is 6.36. The average Bonchev–Trinajstić information content (AvgIpc) is 3.12. The molecule has 0 radical (unpaired) electrons. The van der Waals surface area contributed by atoms with Gasteiger partial charge < -0.3 is 9.80 Å². The first-order valence-corrected chi connectivity index (χ1v) is 13.2. The first kappa shape index (κ1) is 23.1. The second kappa shape index (κ2) is 10.7. The quantitative estimate of drug-likeness (QED) is 0.641. The molecule has 0 saturated carbocycles. The molecule has 1 aromatic carbocycles. The van der Waals surface area contributed by atoms with Crippen molar-refractivity contribution in [1.82, 2.24) is 14.8 Å². The van der Waals surface area contributed by atoms with Crippen LogP contribution in [-0.4, -0.2) is 52.8 Å². The molecular weight excluding hydrogens is 422 g/mol. The molecule has 2 amide bonds. The fraction of sp³-hybridized carbons (Fsp3) is 0.552. The van der Waals surface area contributed by atoms with Crippen LogP contribution in [0.2, 0.25) is 0 Å². The Kier molecular flexibility index (Phi) is 7.27. The molecule has 2 fully saturated rings. The zero-order valence-corrected chi connectivity index (χ0v) is 20.2. The summed E-state index contributed by atoms with van der Waals surface area (Å²) in [6, 6.07) is 12.6. The molecule has 0 bridgehead atoms. The number of nitrogens with zero attached hydrogens (tertiary/aromatic N) is 3. The lowest BCUT2D eigenvalue weighted by Crippen LogP contribution is -2.49. The highest BCUT2D eigenvalue weighted by Crippen LogP contribution is 2.33. The Hall–Kier alpha value is -2.69. The Morgan fingerprint density at radius 1 is 0.824 bits per heavy atom. The summed E-state index contributed by atoms with van der Waals surface area (Å²) in [5.41, 5.74) is 3.83. The number of benzene rings is 1. The Bertz CT molecular complexity index is 965. The molecule has 0 spiro atoms. The SMILES string of the molecule is O=C(Cc1cccnc1)N1CCCC(C2CCCN(C(=O)C3CCc4ccccc4CC3)C2)C1. The summed E-state index contributed by atoms with van der Waals surface area (Å²) in [6.45, 7) is 3.46. The standard InChI is InChI=1S/C29H37N3O2/c33-28(18-22-6-3-15-30-19-22)31-16-4-9-26(20-31)27-10-5-17-32(21-27)29(34)25-13-11-23-7-1-2-8-24(23)12-14-25/h1-3,6-8,15,19,25-27H,4-5,9-14,16-18,20-21H2. The molecule has 2 aliphatic heterocycles. The lowest BCUT2D eigenvalue weighted by atomic mass is 9.80. The van der Waals surface area contributed by atoms with E-state index >= 15 is 0 Å². The van der Waals surface area contributed by atoms with Crippen LogP contribution >= 0.6 is 0 Å². The number of carbonyl (C=O) groups is 2. The van der Waals surface area contributed by atoms with Crippen LogP contribution in [0.15, 0.2) is 48.8 Å². The molecule has 2 atom stereocenters. The third-order valence-corrected chi connectivity index (χ3v) is 8.32. The molecule has 1 aliphatic carbocycles. The molecule has 0 N–H and O–H groups in total. The maximum Gasteiger partial charge on any atom is 0.227 e. The third kappa shape index (κ3) is 5.34. The van der Waals surface area contributed by atoms with Gasteiger partial charge in [0.05, 0.1) is 6.42 Å². The van der Waals surface area contributed by atoms with Gasteiger partial charge in [-0.25, -0.2) is 0 Å². The smallest absolute Gasteiger partial charge is 0.227 e. The van der Waals surface area contributed by atoms with Crippen LogP contribution in [0.1, 0.15) is 55.2 Å². The minimum Gasteiger partial charge on any atom is -0.342 e. The Morgan fingerprint density at radius 3 is 2.12 bits per heavy atom. The molecule has 5 nitrogen and oxygen atoms in total. The van der Waals surface area contributed by atoms with Crippen LogP contribution in [0.4, 0.5) is 0 Å². The van der Waals surface area contributed by atoms with Gasteiger partial charge in [0.2, 0.25) is 11.8 Å². The van der Waals surface area contributed by atoms with Gasteiger partial charge in [-0.05, 0) is 86.0 Å². The molecule has 180 valence electrons. The molecule has 3 heterocycles. The second-order valence-corrected chi connectivity index (χ2v) is 10.5. The van der Waals surface area contributed by atoms with Gasteiger partial charge in [-0.1, -0.05) is 30.3 Å². The number of hydrogen-bond donors (Lipinski definition) is 0. The van der Waals surface area contributed by atoms with E-state index in [0.717, 1.165) is 70.3 Å². The second-order valence-electron chi connectivity index (χ2n) is 10.5. The summed E-state index contributed by atoms with van der Waals surface area (Å²) in [6.07, 6.45) is 12.4. The van der Waals surface area contributed by atoms with E-state index in [4.69, 9.17) is 0 Å². The van der Waals surface area contributed by atoms with Gasteiger partial charge in [0.15, 0.2) is 0 Å². The van der Waals surface area contributed by atoms with Gasteiger partial charge in [0, 0.05) is 44.5 Å². The van der Waals surface area contributed by atoms with Crippen LogP contribution in [0.5, 0.6) is 0 Å². The number of aryl methyl sites for hydroxylation is 2. The number of carbonyl (C=O) groups excluding carboxylic acids is 2. The highest BCUT2D eigenvalue weighted by Gasteiger charge is 2.35. The normalized spacial score (nSPS) is 23.8. The van der Waals surface area contributed by atoms with Crippen LogP contribution in [0.3, 0.4) is 0 Å². The monoisotopic (exact) mass is 459 g/mol. The largest absolute Gasteiger partial charge is 0.342 e. The number of amides is 2. The molecule has 5 heteroatoms. The Labute approximate surface area is 203 Å². The van der Waals surface area contributed by atoms with Crippen molar-refractivity contribution in [2.75, 3.05) is 26.2 Å². The van der Waals surface area contributed by atoms with Gasteiger partial charge in [0.25, 0.3) is 0 Å². The van der Waals surface area contributed by atoms with Gasteiger partial charge in [-0.2, -0.15) is 0 Å². The maximum absolute atomic E-state index is 13.5. The van der Waals surface area contributed by atoms with Gasteiger partial charge in [0.1, 0.15) is 0 Å². The third-order valence-electron chi connectivity index (χ3n) is 8.32. The van der Waals surface area contributed by atoms with E-state index in [2.05, 4.69) is 39.0 Å². The highest BCUT2D eigenvalue weighted by molar-refractivity contribution is 5.79. The first-order chi connectivity index (χ1) is 16.7. The van der Waals surface area contributed by atoms with Crippen LogP contribution in [-0.2, 0) is 28.9 Å². The first-order valence-electron chi connectivity index (χ1n) is 13.2. The van der Waals surface area contributed by atoms with E-state index in [-0.39, 0.29) is 11.8 Å². The summed E-state index contributed by atoms with van der Waals surface area (Å²) in [5, 5.41) is 0. The minimum atomic E-state index is 0.148. The Balaban J connectivity index is 1.17. The number of pyridine rings is 1. The molecule has 5 rings (SSSR count). The summed E-state index contributed by atoms with van der Waals surface area (Å²) < 4.78 is 0. The minimum absolute atomic E-state index is 0.148. The van der Waals surface area contributed by atoms with E-state index in [1.807, 2.05) is 12.1 Å². The van der Waals surface area contributed by atoms with Crippen molar-refractivity contribution in [3.05, 3.63) is 65.5 Å². The van der Waals surface area contributed by atoms with E-state index in [9.17, 15) is 9.59 Å². The number of hydrogen-bond acceptors (Lipinski definition) is 3. The molecule has 2 aromatic rings. The fourth-order valence-corrected chi connectivity index (χ4v) is 6.36. The number of fused-ring (bicyclic) bond motifs is 1. The lowest BCUT2D eigenvalue weighted by Gasteiger charge is -2.42. The van der Waals surface area contributed by atoms with Crippen LogP contribution in [0.25, 0.3) is 0 Å². The Morgan fingerprint density at radius 2 is 1.47 bits per heavy atom. The zero-order chi connectivity index (χ0) is 23.3. The van der Waals surface area contributed by atoms with E-state index in [1.165, 1.54) is 24.0 Å². The summed E-state index contributed by atoms with van der Waals surface area (Å²) >= 11 is 0. The summed E-state index contributed by atoms with van der Waals surface area (Å²) in [7, 11) is 0. The van der Waals surface area contributed by atoms with Crippen LogP contribution in [0, 0.1) is 17.8 Å². The molecule has 2 saturated heterocycles. The lowest BCUT2D eigenvalue weighted by molar-refractivity contribution is -0.139. The van der Waals surface area contributed by atoms with Crippen molar-refractivity contribution in [2.45, 2.75) is 57.8 Å². The number of aromatic nitrogens is 1. The van der Waals surface area contributed by atoms with Gasteiger partial charge in [-0.3, -0.25) is 14.6 Å². The molecule has 1 aromatic heterocycles. The van der Waals surface area contributed by atoms with Crippen molar-refractivity contribution in [3.63, 3.8) is 0 Å². The molecular formula is C29H37N3O2. The van der Waals surface area contributed by atoms with Crippen molar-refractivity contribution in [3.8, 4) is 0 Å². The van der Waals surface area contributed by atoms with Crippen molar-refractivity contribution in [2.24, 2.45) is 17.8 Å². The highest BCUT2D eigenvalue weighted by atomic mass is 16.2. The van der Waals surface area contributed by atoms with E-state index in [1.54, 1.807) is 12.4 Å². The summed E-state index contributed by atoms with van der Waals surface area (Å²) in [4.78, 5) is 34.8. The predicted octanol–water partition coefficient (Wildman–Crippen LogP) is 4.30. The van der Waals surface area contributed by atoms with E-state index in [0.29, 0.717) is 24.2 Å². The number of piperidine rings is 2. The molecule has 3 aliphatic rings. The van der Waals surface area contributed by atoms with E-state index < -0.39 is 0 Å². The predicted molar refractivity (Wildman–Crippen MR) is 133 cm³/mol.